The summed E-state index contributed by atoms with van der Waals surface area (Å²) in [6.07, 6.45) is 1.78. The number of benzene rings is 1. The van der Waals surface area contributed by atoms with Crippen molar-refractivity contribution in [1.29, 1.82) is 0 Å². The van der Waals surface area contributed by atoms with Gasteiger partial charge in [0, 0.05) is 13.2 Å². The Morgan fingerprint density at radius 2 is 2.00 bits per heavy atom. The highest BCUT2D eigenvalue weighted by molar-refractivity contribution is 5.77. The van der Waals surface area contributed by atoms with Gasteiger partial charge in [-0.1, -0.05) is 39.0 Å². The minimum Gasteiger partial charge on any atom is -0.483 e. The van der Waals surface area contributed by atoms with Crippen molar-refractivity contribution >= 4 is 5.91 Å². The summed E-state index contributed by atoms with van der Waals surface area (Å²) in [5.41, 5.74) is 1.11. The van der Waals surface area contributed by atoms with Crippen molar-refractivity contribution in [3.63, 3.8) is 0 Å². The van der Waals surface area contributed by atoms with Crippen LogP contribution in [0.2, 0.25) is 0 Å². The minimum absolute atomic E-state index is 0.0410. The van der Waals surface area contributed by atoms with E-state index in [-0.39, 0.29) is 25.0 Å². The largest absolute Gasteiger partial charge is 0.483 e. The molecule has 0 spiro atoms. The van der Waals surface area contributed by atoms with E-state index in [1.165, 1.54) is 0 Å². The molecule has 0 bridgehead atoms. The molecule has 21 heavy (non-hydrogen) atoms. The third-order valence-electron chi connectivity index (χ3n) is 3.41. The average molecular weight is 293 g/mol. The van der Waals surface area contributed by atoms with E-state index < -0.39 is 0 Å². The fraction of sp³-hybridized carbons (Fsp3) is 0.588. The van der Waals surface area contributed by atoms with Gasteiger partial charge in [0.05, 0.1) is 0 Å². The number of para-hydroxylation sites is 1. The van der Waals surface area contributed by atoms with Crippen LogP contribution in [0.25, 0.3) is 0 Å². The molecule has 0 saturated carbocycles. The molecule has 0 saturated heterocycles. The average Bonchev–Trinajstić information content (AvgIpc) is 2.49. The van der Waals surface area contributed by atoms with Gasteiger partial charge in [0.25, 0.3) is 5.91 Å². The van der Waals surface area contributed by atoms with Crippen LogP contribution in [-0.2, 0) is 4.79 Å². The molecule has 0 aromatic heterocycles. The van der Waals surface area contributed by atoms with Gasteiger partial charge in [-0.3, -0.25) is 4.79 Å². The summed E-state index contributed by atoms with van der Waals surface area (Å²) in [6.45, 7) is 7.06. The smallest absolute Gasteiger partial charge is 0.257 e. The second-order valence-electron chi connectivity index (χ2n) is 5.76. The van der Waals surface area contributed by atoms with Crippen LogP contribution >= 0.6 is 0 Å². The van der Waals surface area contributed by atoms with Gasteiger partial charge < -0.3 is 15.2 Å². The van der Waals surface area contributed by atoms with Crippen LogP contribution in [0.4, 0.5) is 0 Å². The Labute approximate surface area is 127 Å². The number of nitrogens with one attached hydrogen (secondary N) is 1. The Kier molecular flexibility index (Phi) is 7.83. The molecule has 1 rings (SSSR count). The monoisotopic (exact) mass is 293 g/mol. The zero-order valence-electron chi connectivity index (χ0n) is 13.3. The molecule has 1 aromatic carbocycles. The van der Waals surface area contributed by atoms with Crippen LogP contribution in [0.15, 0.2) is 24.3 Å². The van der Waals surface area contributed by atoms with Crippen molar-refractivity contribution in [3.8, 4) is 5.75 Å². The number of aliphatic hydroxyl groups is 1. The molecule has 0 heterocycles. The molecule has 1 unspecified atom stereocenters. The van der Waals surface area contributed by atoms with Gasteiger partial charge in [-0.25, -0.2) is 0 Å². The second-order valence-corrected chi connectivity index (χ2v) is 5.76. The van der Waals surface area contributed by atoms with Crippen LogP contribution in [-0.4, -0.2) is 30.8 Å². The molecule has 0 radical (unpaired) electrons. The quantitative estimate of drug-likeness (QED) is 0.688. The van der Waals surface area contributed by atoms with E-state index in [0.717, 1.165) is 24.2 Å². The number of carbonyl (C=O) groups is 1. The van der Waals surface area contributed by atoms with Crippen molar-refractivity contribution in [3.05, 3.63) is 29.8 Å². The molecule has 1 aromatic rings. The van der Waals surface area contributed by atoms with Crippen molar-refractivity contribution in [1.82, 2.24) is 5.32 Å². The summed E-state index contributed by atoms with van der Waals surface area (Å²) >= 11 is 0. The summed E-state index contributed by atoms with van der Waals surface area (Å²) in [4.78, 5) is 11.7. The fourth-order valence-corrected chi connectivity index (χ4v) is 2.05. The molecule has 0 aliphatic rings. The molecular formula is C17H27NO3. The Morgan fingerprint density at radius 3 is 2.67 bits per heavy atom. The zero-order chi connectivity index (χ0) is 15.7. The molecule has 1 amide bonds. The van der Waals surface area contributed by atoms with Crippen molar-refractivity contribution in [2.45, 2.75) is 39.5 Å². The van der Waals surface area contributed by atoms with E-state index in [1.807, 2.05) is 31.2 Å². The maximum Gasteiger partial charge on any atom is 0.257 e. The molecule has 0 fully saturated rings. The molecule has 118 valence electrons. The lowest BCUT2D eigenvalue weighted by atomic mass is 10.0. The van der Waals surface area contributed by atoms with E-state index in [0.29, 0.717) is 12.5 Å². The number of aliphatic hydroxyl groups excluding tert-OH is 1. The van der Waals surface area contributed by atoms with Crippen LogP contribution in [0, 0.1) is 5.92 Å². The first-order valence-electron chi connectivity index (χ1n) is 7.63. The Morgan fingerprint density at radius 1 is 1.29 bits per heavy atom. The van der Waals surface area contributed by atoms with E-state index in [1.54, 1.807) is 0 Å². The van der Waals surface area contributed by atoms with Gasteiger partial charge in [-0.05, 0) is 36.3 Å². The summed E-state index contributed by atoms with van der Waals surface area (Å²) in [6, 6.07) is 7.81. The van der Waals surface area contributed by atoms with E-state index in [9.17, 15) is 4.79 Å². The first kappa shape index (κ1) is 17.5. The van der Waals surface area contributed by atoms with Crippen LogP contribution < -0.4 is 10.1 Å². The summed E-state index contributed by atoms with van der Waals surface area (Å²) < 4.78 is 5.61. The van der Waals surface area contributed by atoms with E-state index in [2.05, 4.69) is 19.2 Å². The highest BCUT2D eigenvalue weighted by Gasteiger charge is 2.09. The zero-order valence-corrected chi connectivity index (χ0v) is 13.3. The summed E-state index contributed by atoms with van der Waals surface area (Å²) in [7, 11) is 0. The van der Waals surface area contributed by atoms with Gasteiger partial charge in [0.1, 0.15) is 5.75 Å². The van der Waals surface area contributed by atoms with Gasteiger partial charge >= 0.3 is 0 Å². The maximum absolute atomic E-state index is 11.7. The van der Waals surface area contributed by atoms with Crippen LogP contribution in [0.5, 0.6) is 5.75 Å². The predicted molar refractivity (Wildman–Crippen MR) is 84.5 cm³/mol. The number of amides is 1. The van der Waals surface area contributed by atoms with Gasteiger partial charge in [-0.2, -0.15) is 0 Å². The third-order valence-corrected chi connectivity index (χ3v) is 3.41. The number of ether oxygens (including phenoxy) is 1. The van der Waals surface area contributed by atoms with Gasteiger partial charge in [0.2, 0.25) is 0 Å². The van der Waals surface area contributed by atoms with Crippen molar-refractivity contribution < 1.29 is 14.6 Å². The lowest BCUT2D eigenvalue weighted by Gasteiger charge is -2.14. The van der Waals surface area contributed by atoms with Crippen molar-refractivity contribution in [2.75, 3.05) is 19.8 Å². The fourth-order valence-electron chi connectivity index (χ4n) is 2.05. The van der Waals surface area contributed by atoms with E-state index >= 15 is 0 Å². The molecule has 0 aliphatic heterocycles. The first-order chi connectivity index (χ1) is 10.0. The summed E-state index contributed by atoms with van der Waals surface area (Å²) in [5, 5.41) is 11.8. The highest BCUT2D eigenvalue weighted by atomic mass is 16.5. The van der Waals surface area contributed by atoms with Gasteiger partial charge in [-0.15, -0.1) is 0 Å². The topological polar surface area (TPSA) is 58.6 Å². The normalized spacial score (nSPS) is 12.2. The van der Waals surface area contributed by atoms with Crippen LogP contribution in [0.3, 0.4) is 0 Å². The molecule has 0 aliphatic carbocycles. The maximum atomic E-state index is 11.7. The minimum atomic E-state index is -0.106. The molecule has 4 nitrogen and oxygen atoms in total. The number of rotatable bonds is 9. The molecule has 1 atom stereocenters. The Hall–Kier alpha value is -1.55. The van der Waals surface area contributed by atoms with E-state index in [4.69, 9.17) is 9.84 Å². The van der Waals surface area contributed by atoms with Crippen LogP contribution in [0.1, 0.15) is 45.1 Å². The number of hydrogen-bond acceptors (Lipinski definition) is 3. The summed E-state index contributed by atoms with van der Waals surface area (Å²) in [5.74, 6) is 1.32. The standard InChI is InChI=1S/C17H27NO3/c1-13(2)15-8-4-5-9-16(15)21-12-17(20)18-10-6-7-14(3)11-19/h4-5,8-9,13-14,19H,6-7,10-12H2,1-3H3,(H,18,20). The second kappa shape index (κ2) is 9.40. The third kappa shape index (κ3) is 6.63. The molecule has 4 heteroatoms. The predicted octanol–water partition coefficient (Wildman–Crippen LogP) is 2.71. The molecule has 2 N–H and O–H groups in total. The highest BCUT2D eigenvalue weighted by Crippen LogP contribution is 2.25. The van der Waals surface area contributed by atoms with Crippen molar-refractivity contribution in [2.24, 2.45) is 5.92 Å². The molecular weight excluding hydrogens is 266 g/mol. The lowest BCUT2D eigenvalue weighted by Crippen LogP contribution is -2.30. The number of carbonyl (C=O) groups excluding carboxylic acids is 1. The first-order valence-corrected chi connectivity index (χ1v) is 7.63. The van der Waals surface area contributed by atoms with Gasteiger partial charge in [0.15, 0.2) is 6.61 Å². The number of hydrogen-bond donors (Lipinski definition) is 2. The Balaban J connectivity index is 2.30. The Bertz CT molecular complexity index is 432. The lowest BCUT2D eigenvalue weighted by molar-refractivity contribution is -0.123. The SMILES string of the molecule is CC(CO)CCCNC(=O)COc1ccccc1C(C)C.